The van der Waals surface area contributed by atoms with Gasteiger partial charge < -0.3 is 14.7 Å². The molecule has 1 fully saturated rings. The van der Waals surface area contributed by atoms with Gasteiger partial charge >= 0.3 is 5.97 Å². The first-order valence-corrected chi connectivity index (χ1v) is 8.54. The van der Waals surface area contributed by atoms with Crippen LogP contribution in [-0.2, 0) is 16.0 Å². The first-order chi connectivity index (χ1) is 10.5. The Bertz CT molecular complexity index is 534. The number of amides is 1. The Labute approximate surface area is 134 Å². The summed E-state index contributed by atoms with van der Waals surface area (Å²) < 4.78 is 5.35. The minimum absolute atomic E-state index is 0.0198. The zero-order valence-electron chi connectivity index (χ0n) is 13.1. The molecule has 1 saturated heterocycles. The molecule has 1 aliphatic heterocycles. The van der Waals surface area contributed by atoms with Crippen LogP contribution in [0.3, 0.4) is 0 Å². The van der Waals surface area contributed by atoms with E-state index in [1.54, 1.807) is 4.90 Å². The molecule has 1 N–H and O–H groups in total. The van der Waals surface area contributed by atoms with Crippen molar-refractivity contribution in [3.8, 4) is 0 Å². The maximum atomic E-state index is 12.8. The summed E-state index contributed by atoms with van der Waals surface area (Å²) in [5.41, 5.74) is 1.14. The van der Waals surface area contributed by atoms with Crippen LogP contribution in [0.1, 0.15) is 46.3 Å². The molecular formula is C16H23NO4S. The van der Waals surface area contributed by atoms with E-state index in [0.717, 1.165) is 24.8 Å². The first kappa shape index (κ1) is 17.0. The number of hydrogen-bond acceptors (Lipinski definition) is 4. The van der Waals surface area contributed by atoms with E-state index in [9.17, 15) is 9.59 Å². The van der Waals surface area contributed by atoms with Crippen LogP contribution in [0.5, 0.6) is 0 Å². The lowest BCUT2D eigenvalue weighted by Gasteiger charge is -2.33. The highest BCUT2D eigenvalue weighted by Crippen LogP contribution is 2.26. The molecule has 1 amide bonds. The summed E-state index contributed by atoms with van der Waals surface area (Å²) in [6, 6.07) is 2.01. The minimum Gasteiger partial charge on any atom is -0.481 e. The number of rotatable bonds is 6. The van der Waals surface area contributed by atoms with Gasteiger partial charge in [0.15, 0.2) is 0 Å². The van der Waals surface area contributed by atoms with Gasteiger partial charge in [-0.05, 0) is 37.8 Å². The van der Waals surface area contributed by atoms with Crippen LogP contribution in [0, 0.1) is 6.92 Å². The van der Waals surface area contributed by atoms with Gasteiger partial charge in [-0.25, -0.2) is 0 Å². The number of aryl methyl sites for hydroxylation is 2. The van der Waals surface area contributed by atoms with Crippen molar-refractivity contribution in [3.05, 3.63) is 21.4 Å². The van der Waals surface area contributed by atoms with E-state index >= 15 is 0 Å². The topological polar surface area (TPSA) is 66.8 Å². The van der Waals surface area contributed by atoms with Crippen LogP contribution in [0.2, 0.25) is 0 Å². The Morgan fingerprint density at radius 3 is 2.64 bits per heavy atom. The standard InChI is InChI=1S/C16H23NO4S/c1-3-13-11(2)10-14(22-13)16(20)17(7-4-15(18)19)12-5-8-21-9-6-12/h10,12H,3-9H2,1-2H3,(H,18,19). The molecule has 0 aliphatic carbocycles. The maximum Gasteiger partial charge on any atom is 0.305 e. The number of ether oxygens (including phenoxy) is 1. The van der Waals surface area contributed by atoms with Crippen LogP contribution in [-0.4, -0.2) is 47.7 Å². The predicted molar refractivity (Wildman–Crippen MR) is 85.6 cm³/mol. The lowest BCUT2D eigenvalue weighted by Crippen LogP contribution is -2.44. The van der Waals surface area contributed by atoms with E-state index in [1.165, 1.54) is 16.2 Å². The fraction of sp³-hybridized carbons (Fsp3) is 0.625. The summed E-state index contributed by atoms with van der Waals surface area (Å²) in [6.07, 6.45) is 2.44. The van der Waals surface area contributed by atoms with Gasteiger partial charge in [0.25, 0.3) is 5.91 Å². The zero-order valence-corrected chi connectivity index (χ0v) is 13.9. The Balaban J connectivity index is 2.17. The van der Waals surface area contributed by atoms with Crippen LogP contribution in [0.4, 0.5) is 0 Å². The number of nitrogens with zero attached hydrogens (tertiary/aromatic N) is 1. The average molecular weight is 325 g/mol. The predicted octanol–water partition coefficient (Wildman–Crippen LogP) is 2.71. The van der Waals surface area contributed by atoms with Crippen molar-refractivity contribution in [2.24, 2.45) is 0 Å². The van der Waals surface area contributed by atoms with E-state index in [2.05, 4.69) is 6.92 Å². The summed E-state index contributed by atoms with van der Waals surface area (Å²) in [5, 5.41) is 8.94. The zero-order chi connectivity index (χ0) is 16.1. The molecule has 0 bridgehead atoms. The molecule has 0 radical (unpaired) electrons. The van der Waals surface area contributed by atoms with Gasteiger partial charge in [-0.2, -0.15) is 0 Å². The quantitative estimate of drug-likeness (QED) is 0.873. The Kier molecular flexibility index (Phi) is 5.97. The third kappa shape index (κ3) is 4.08. The second-order valence-electron chi connectivity index (χ2n) is 5.56. The Morgan fingerprint density at radius 1 is 1.41 bits per heavy atom. The van der Waals surface area contributed by atoms with Crippen molar-refractivity contribution in [3.63, 3.8) is 0 Å². The van der Waals surface area contributed by atoms with Crippen molar-refractivity contribution in [1.82, 2.24) is 4.90 Å². The molecule has 0 spiro atoms. The fourth-order valence-corrected chi connectivity index (χ4v) is 3.85. The fourth-order valence-electron chi connectivity index (χ4n) is 2.78. The van der Waals surface area contributed by atoms with E-state index in [1.807, 2.05) is 13.0 Å². The van der Waals surface area contributed by atoms with Crippen molar-refractivity contribution in [2.45, 2.75) is 45.6 Å². The summed E-state index contributed by atoms with van der Waals surface area (Å²) in [7, 11) is 0. The molecule has 122 valence electrons. The lowest BCUT2D eigenvalue weighted by atomic mass is 10.1. The minimum atomic E-state index is -0.874. The molecule has 1 aromatic heterocycles. The van der Waals surface area contributed by atoms with E-state index in [4.69, 9.17) is 9.84 Å². The van der Waals surface area contributed by atoms with Gasteiger partial charge in [0.2, 0.25) is 0 Å². The van der Waals surface area contributed by atoms with Crippen molar-refractivity contribution in [1.29, 1.82) is 0 Å². The summed E-state index contributed by atoms with van der Waals surface area (Å²) in [4.78, 5) is 27.4. The molecule has 22 heavy (non-hydrogen) atoms. The van der Waals surface area contributed by atoms with Crippen molar-refractivity contribution >= 4 is 23.2 Å². The molecular weight excluding hydrogens is 302 g/mol. The highest BCUT2D eigenvalue weighted by molar-refractivity contribution is 7.14. The number of carbonyl (C=O) groups excluding carboxylic acids is 1. The smallest absolute Gasteiger partial charge is 0.305 e. The average Bonchev–Trinajstić information content (AvgIpc) is 2.89. The van der Waals surface area contributed by atoms with Gasteiger partial charge in [-0.15, -0.1) is 11.3 Å². The van der Waals surface area contributed by atoms with E-state index in [0.29, 0.717) is 18.1 Å². The molecule has 0 atom stereocenters. The molecule has 1 aliphatic rings. The van der Waals surface area contributed by atoms with Gasteiger partial charge in [0.1, 0.15) is 0 Å². The second kappa shape index (κ2) is 7.74. The molecule has 0 unspecified atom stereocenters. The molecule has 2 heterocycles. The molecule has 0 saturated carbocycles. The number of carbonyl (C=O) groups is 2. The molecule has 2 rings (SSSR count). The number of aliphatic carboxylic acids is 1. The Hall–Kier alpha value is -1.40. The second-order valence-corrected chi connectivity index (χ2v) is 6.69. The molecule has 1 aromatic rings. The highest BCUT2D eigenvalue weighted by Gasteiger charge is 2.28. The molecule has 5 nitrogen and oxygen atoms in total. The van der Waals surface area contributed by atoms with Crippen LogP contribution in [0.25, 0.3) is 0 Å². The summed E-state index contributed by atoms with van der Waals surface area (Å²) in [6.45, 7) is 5.61. The van der Waals surface area contributed by atoms with Crippen LogP contribution < -0.4 is 0 Å². The largest absolute Gasteiger partial charge is 0.481 e. The van der Waals surface area contributed by atoms with Gasteiger partial charge in [0.05, 0.1) is 11.3 Å². The number of carboxylic acid groups (broad SMARTS) is 1. The van der Waals surface area contributed by atoms with E-state index < -0.39 is 5.97 Å². The normalized spacial score (nSPS) is 15.7. The van der Waals surface area contributed by atoms with Crippen LogP contribution >= 0.6 is 11.3 Å². The Morgan fingerprint density at radius 2 is 2.09 bits per heavy atom. The SMILES string of the molecule is CCc1sc(C(=O)N(CCC(=O)O)C2CCOCC2)cc1C. The third-order valence-electron chi connectivity index (χ3n) is 4.01. The number of carboxylic acids is 1. The van der Waals surface area contributed by atoms with Gasteiger partial charge in [-0.3, -0.25) is 9.59 Å². The monoisotopic (exact) mass is 325 g/mol. The number of hydrogen-bond donors (Lipinski definition) is 1. The number of thiophene rings is 1. The van der Waals surface area contributed by atoms with E-state index in [-0.39, 0.29) is 24.9 Å². The van der Waals surface area contributed by atoms with Crippen molar-refractivity contribution < 1.29 is 19.4 Å². The van der Waals surface area contributed by atoms with Gasteiger partial charge in [-0.1, -0.05) is 6.92 Å². The third-order valence-corrected chi connectivity index (χ3v) is 5.38. The molecule has 6 heteroatoms. The van der Waals surface area contributed by atoms with Crippen molar-refractivity contribution in [2.75, 3.05) is 19.8 Å². The van der Waals surface area contributed by atoms with Gasteiger partial charge in [0, 0.05) is 30.7 Å². The van der Waals surface area contributed by atoms with Crippen LogP contribution in [0.15, 0.2) is 6.07 Å². The summed E-state index contributed by atoms with van der Waals surface area (Å²) >= 11 is 1.52. The first-order valence-electron chi connectivity index (χ1n) is 7.72. The lowest BCUT2D eigenvalue weighted by molar-refractivity contribution is -0.137. The molecule has 0 aromatic carbocycles. The maximum absolute atomic E-state index is 12.8. The highest BCUT2D eigenvalue weighted by atomic mass is 32.1. The summed E-state index contributed by atoms with van der Waals surface area (Å²) in [5.74, 6) is -0.914.